The van der Waals surface area contributed by atoms with Crippen LogP contribution in [0.5, 0.6) is 11.5 Å². The summed E-state index contributed by atoms with van der Waals surface area (Å²) in [7, 11) is -3.50. The number of ether oxygens (including phenoxy) is 2. The van der Waals surface area contributed by atoms with Crippen molar-refractivity contribution >= 4 is 10.0 Å². The highest BCUT2D eigenvalue weighted by Gasteiger charge is 2.25. The first-order chi connectivity index (χ1) is 10.0. The molecule has 0 bridgehead atoms. The number of sulfonamides is 1. The zero-order chi connectivity index (χ0) is 14.9. The molecule has 21 heavy (non-hydrogen) atoms. The summed E-state index contributed by atoms with van der Waals surface area (Å²) in [6.45, 7) is 3.16. The van der Waals surface area contributed by atoms with Gasteiger partial charge in [0.25, 0.3) is 0 Å². The van der Waals surface area contributed by atoms with Crippen LogP contribution in [0.25, 0.3) is 0 Å². The van der Waals surface area contributed by atoms with Crippen molar-refractivity contribution < 1.29 is 17.9 Å². The Morgan fingerprint density at radius 3 is 2.43 bits per heavy atom. The van der Waals surface area contributed by atoms with E-state index in [4.69, 9.17) is 9.47 Å². The quantitative estimate of drug-likeness (QED) is 0.930. The maximum absolute atomic E-state index is 12.5. The minimum absolute atomic E-state index is 0.0411. The van der Waals surface area contributed by atoms with Crippen molar-refractivity contribution in [2.45, 2.75) is 43.5 Å². The van der Waals surface area contributed by atoms with Crippen molar-refractivity contribution in [3.05, 3.63) is 18.2 Å². The lowest BCUT2D eigenvalue weighted by atomic mass is 9.88. The fourth-order valence-electron chi connectivity index (χ4n) is 2.86. The molecular formula is C15H21NO4S. The SMILES string of the molecule is CC1CCC(NS(=O)(=O)c2ccc3c(c2)OCCO3)CC1. The summed E-state index contributed by atoms with van der Waals surface area (Å²) in [4.78, 5) is 0.241. The number of fused-ring (bicyclic) bond motifs is 1. The predicted molar refractivity (Wildman–Crippen MR) is 79.2 cm³/mol. The lowest BCUT2D eigenvalue weighted by Gasteiger charge is -2.27. The molecule has 1 aliphatic heterocycles. The summed E-state index contributed by atoms with van der Waals surface area (Å²) in [6.07, 6.45) is 3.97. The highest BCUT2D eigenvalue weighted by molar-refractivity contribution is 7.89. The van der Waals surface area contributed by atoms with Crippen molar-refractivity contribution in [3.63, 3.8) is 0 Å². The van der Waals surface area contributed by atoms with E-state index in [1.54, 1.807) is 18.2 Å². The van der Waals surface area contributed by atoms with Crippen LogP contribution in [0.2, 0.25) is 0 Å². The summed E-state index contributed by atoms with van der Waals surface area (Å²) < 4.78 is 38.6. The fourth-order valence-corrected chi connectivity index (χ4v) is 4.18. The van der Waals surface area contributed by atoms with E-state index in [-0.39, 0.29) is 10.9 Å². The maximum atomic E-state index is 12.5. The van der Waals surface area contributed by atoms with Gasteiger partial charge in [-0.2, -0.15) is 0 Å². The highest BCUT2D eigenvalue weighted by Crippen LogP contribution is 2.32. The van der Waals surface area contributed by atoms with Crippen molar-refractivity contribution in [2.75, 3.05) is 13.2 Å². The molecule has 1 aliphatic carbocycles. The number of rotatable bonds is 3. The van der Waals surface area contributed by atoms with Crippen LogP contribution in [0.3, 0.4) is 0 Å². The monoisotopic (exact) mass is 311 g/mol. The molecule has 1 N–H and O–H groups in total. The summed E-state index contributed by atoms with van der Waals surface area (Å²) in [5.41, 5.74) is 0. The first-order valence-electron chi connectivity index (χ1n) is 7.46. The van der Waals surface area contributed by atoms with Crippen molar-refractivity contribution in [1.82, 2.24) is 4.72 Å². The third-order valence-corrected chi connectivity index (χ3v) is 5.68. The van der Waals surface area contributed by atoms with E-state index < -0.39 is 10.0 Å². The molecule has 0 radical (unpaired) electrons. The molecule has 3 rings (SSSR count). The molecule has 1 fully saturated rings. The van der Waals surface area contributed by atoms with Gasteiger partial charge < -0.3 is 9.47 Å². The lowest BCUT2D eigenvalue weighted by molar-refractivity contribution is 0.171. The minimum atomic E-state index is -3.50. The standard InChI is InChI=1S/C15H21NO4S/c1-11-2-4-12(5-3-11)16-21(17,18)13-6-7-14-15(10-13)20-9-8-19-14/h6-7,10-12,16H,2-5,8-9H2,1H3. The topological polar surface area (TPSA) is 64.6 Å². The number of benzene rings is 1. The summed E-state index contributed by atoms with van der Waals surface area (Å²) in [5, 5.41) is 0. The zero-order valence-corrected chi connectivity index (χ0v) is 13.0. The third kappa shape index (κ3) is 3.32. The second-order valence-electron chi connectivity index (χ2n) is 5.88. The molecule has 1 heterocycles. The molecule has 0 saturated heterocycles. The van der Waals surface area contributed by atoms with Crippen molar-refractivity contribution in [3.8, 4) is 11.5 Å². The van der Waals surface area contributed by atoms with Gasteiger partial charge in [-0.25, -0.2) is 13.1 Å². The molecule has 1 aromatic carbocycles. The molecule has 0 amide bonds. The van der Waals surface area contributed by atoms with Crippen LogP contribution in [0.4, 0.5) is 0 Å². The lowest BCUT2D eigenvalue weighted by Crippen LogP contribution is -2.37. The highest BCUT2D eigenvalue weighted by atomic mass is 32.2. The van der Waals surface area contributed by atoms with Gasteiger partial charge in [-0.15, -0.1) is 0 Å². The van der Waals surface area contributed by atoms with Gasteiger partial charge in [0.1, 0.15) is 13.2 Å². The number of hydrogen-bond acceptors (Lipinski definition) is 4. The smallest absolute Gasteiger partial charge is 0.240 e. The van der Waals surface area contributed by atoms with Crippen LogP contribution in [0.1, 0.15) is 32.6 Å². The van der Waals surface area contributed by atoms with Crippen LogP contribution in [-0.2, 0) is 10.0 Å². The van der Waals surface area contributed by atoms with E-state index >= 15 is 0 Å². The Morgan fingerprint density at radius 1 is 1.05 bits per heavy atom. The minimum Gasteiger partial charge on any atom is -0.486 e. The number of hydrogen-bond donors (Lipinski definition) is 1. The largest absolute Gasteiger partial charge is 0.486 e. The van der Waals surface area contributed by atoms with Crippen molar-refractivity contribution in [2.24, 2.45) is 5.92 Å². The Labute approximate surface area is 125 Å². The Kier molecular flexibility index (Phi) is 4.08. The van der Waals surface area contributed by atoms with Gasteiger partial charge in [-0.05, 0) is 43.7 Å². The molecule has 116 valence electrons. The van der Waals surface area contributed by atoms with Crippen LogP contribution in [0.15, 0.2) is 23.1 Å². The Morgan fingerprint density at radius 2 is 1.71 bits per heavy atom. The van der Waals surface area contributed by atoms with E-state index in [1.807, 2.05) is 0 Å². The molecule has 6 heteroatoms. The molecule has 0 atom stereocenters. The van der Waals surface area contributed by atoms with Gasteiger partial charge in [0, 0.05) is 12.1 Å². The second-order valence-corrected chi connectivity index (χ2v) is 7.60. The molecule has 0 aromatic heterocycles. The molecule has 1 aromatic rings. The van der Waals surface area contributed by atoms with Gasteiger partial charge in [-0.1, -0.05) is 6.92 Å². The number of nitrogens with one attached hydrogen (secondary N) is 1. The predicted octanol–water partition coefficient (Wildman–Crippen LogP) is 2.31. The first-order valence-corrected chi connectivity index (χ1v) is 8.95. The summed E-state index contributed by atoms with van der Waals surface area (Å²) in [5.74, 6) is 1.80. The Bertz CT molecular complexity index is 606. The van der Waals surface area contributed by atoms with Crippen molar-refractivity contribution in [1.29, 1.82) is 0 Å². The van der Waals surface area contributed by atoms with Crippen LogP contribution >= 0.6 is 0 Å². The Balaban J connectivity index is 1.75. The third-order valence-electron chi connectivity index (χ3n) is 4.16. The second kappa shape index (κ2) is 5.85. The summed E-state index contributed by atoms with van der Waals surface area (Å²) in [6, 6.07) is 4.81. The molecule has 1 saturated carbocycles. The van der Waals surface area contributed by atoms with Gasteiger partial charge in [0.15, 0.2) is 11.5 Å². The van der Waals surface area contributed by atoms with Crippen LogP contribution in [0, 0.1) is 5.92 Å². The van der Waals surface area contributed by atoms with Gasteiger partial charge in [0.2, 0.25) is 10.0 Å². The fraction of sp³-hybridized carbons (Fsp3) is 0.600. The molecule has 2 aliphatic rings. The molecule has 0 spiro atoms. The summed E-state index contributed by atoms with van der Waals surface area (Å²) >= 11 is 0. The molecule has 0 unspecified atom stereocenters. The Hall–Kier alpha value is -1.27. The molecule has 5 nitrogen and oxygen atoms in total. The van der Waals surface area contributed by atoms with E-state index in [9.17, 15) is 8.42 Å². The van der Waals surface area contributed by atoms with E-state index in [0.717, 1.165) is 25.7 Å². The van der Waals surface area contributed by atoms with Crippen LogP contribution in [-0.4, -0.2) is 27.7 Å². The van der Waals surface area contributed by atoms with E-state index in [2.05, 4.69) is 11.6 Å². The van der Waals surface area contributed by atoms with Gasteiger partial charge >= 0.3 is 0 Å². The zero-order valence-electron chi connectivity index (χ0n) is 12.2. The van der Waals surface area contributed by atoms with Gasteiger partial charge in [-0.3, -0.25) is 0 Å². The first kappa shape index (κ1) is 14.7. The van der Waals surface area contributed by atoms with Gasteiger partial charge in [0.05, 0.1) is 4.90 Å². The van der Waals surface area contributed by atoms with Crippen LogP contribution < -0.4 is 14.2 Å². The average Bonchev–Trinajstić information content (AvgIpc) is 2.49. The molecular weight excluding hydrogens is 290 g/mol. The normalized spacial score (nSPS) is 25.6. The maximum Gasteiger partial charge on any atom is 0.240 e. The van der Waals surface area contributed by atoms with E-state index in [1.165, 1.54) is 0 Å². The van der Waals surface area contributed by atoms with E-state index in [0.29, 0.717) is 30.6 Å². The average molecular weight is 311 g/mol.